The Kier molecular flexibility index (Phi) is 2.91. The monoisotopic (exact) mass is 232 g/mol. The zero-order valence-electron chi connectivity index (χ0n) is 9.60. The number of nitrogens with zero attached hydrogens (tertiary/aromatic N) is 2. The first-order chi connectivity index (χ1) is 8.15. The van der Waals surface area contributed by atoms with Gasteiger partial charge in [0.05, 0.1) is 12.7 Å². The first-order valence-electron chi connectivity index (χ1n) is 5.23. The van der Waals surface area contributed by atoms with Crippen LogP contribution in [0, 0.1) is 0 Å². The van der Waals surface area contributed by atoms with Crippen molar-refractivity contribution in [1.82, 2.24) is 9.97 Å². The van der Waals surface area contributed by atoms with Crippen molar-refractivity contribution in [3.63, 3.8) is 0 Å². The summed E-state index contributed by atoms with van der Waals surface area (Å²) in [5.41, 5.74) is 1.33. The van der Waals surface area contributed by atoms with Gasteiger partial charge in [0, 0.05) is 17.1 Å². The molecule has 17 heavy (non-hydrogen) atoms. The number of methoxy groups -OCH3 is 1. The van der Waals surface area contributed by atoms with Crippen molar-refractivity contribution in [2.75, 3.05) is 7.11 Å². The third-order valence-electron chi connectivity index (χ3n) is 2.50. The number of aromatic nitrogens is 2. The van der Waals surface area contributed by atoms with Gasteiger partial charge in [-0.2, -0.15) is 4.98 Å². The van der Waals surface area contributed by atoms with E-state index in [0.29, 0.717) is 29.0 Å². The van der Waals surface area contributed by atoms with Gasteiger partial charge < -0.3 is 9.84 Å². The number of ether oxygens (including phenoxy) is 1. The van der Waals surface area contributed by atoms with E-state index < -0.39 is 5.97 Å². The van der Waals surface area contributed by atoms with Gasteiger partial charge in [-0.1, -0.05) is 6.92 Å². The van der Waals surface area contributed by atoms with Crippen molar-refractivity contribution in [3.05, 3.63) is 29.5 Å². The quantitative estimate of drug-likeness (QED) is 0.874. The van der Waals surface area contributed by atoms with Gasteiger partial charge in [-0.05, 0) is 18.6 Å². The van der Waals surface area contributed by atoms with Crippen molar-refractivity contribution in [1.29, 1.82) is 0 Å². The molecule has 2 rings (SSSR count). The number of aromatic carboxylic acids is 1. The van der Waals surface area contributed by atoms with Gasteiger partial charge >= 0.3 is 5.97 Å². The van der Waals surface area contributed by atoms with Crippen LogP contribution in [0.25, 0.3) is 11.0 Å². The van der Waals surface area contributed by atoms with Crippen LogP contribution in [-0.2, 0) is 6.42 Å². The second-order valence-electron chi connectivity index (χ2n) is 3.54. The Morgan fingerprint density at radius 1 is 1.41 bits per heavy atom. The lowest BCUT2D eigenvalue weighted by Crippen LogP contribution is -2.03. The fourth-order valence-electron chi connectivity index (χ4n) is 1.61. The van der Waals surface area contributed by atoms with Crippen molar-refractivity contribution < 1.29 is 14.6 Å². The van der Waals surface area contributed by atoms with E-state index >= 15 is 0 Å². The van der Waals surface area contributed by atoms with Gasteiger partial charge in [-0.15, -0.1) is 0 Å². The maximum absolute atomic E-state index is 11.2. The molecule has 2 aromatic heterocycles. The van der Waals surface area contributed by atoms with E-state index in [1.165, 1.54) is 7.11 Å². The van der Waals surface area contributed by atoms with Gasteiger partial charge in [0.2, 0.25) is 5.88 Å². The number of carboxylic acids is 1. The summed E-state index contributed by atoms with van der Waals surface area (Å²) in [5, 5.41) is 9.67. The standard InChI is InChI=1S/C12H12N2O3/c1-3-7-6-9(12(15)16)8-4-5-10(17-2)14-11(8)13-7/h4-6H,3H2,1-2H3,(H,15,16). The molecule has 0 atom stereocenters. The van der Waals surface area contributed by atoms with Crippen LogP contribution in [0.4, 0.5) is 0 Å². The minimum atomic E-state index is -0.973. The smallest absolute Gasteiger partial charge is 0.336 e. The third kappa shape index (κ3) is 2.04. The highest BCUT2D eigenvalue weighted by Gasteiger charge is 2.12. The molecule has 0 aliphatic rings. The highest BCUT2D eigenvalue weighted by Crippen LogP contribution is 2.20. The van der Waals surface area contributed by atoms with Crippen molar-refractivity contribution in [2.45, 2.75) is 13.3 Å². The highest BCUT2D eigenvalue weighted by atomic mass is 16.5. The summed E-state index contributed by atoms with van der Waals surface area (Å²) in [6.07, 6.45) is 0.662. The number of hydrogen-bond donors (Lipinski definition) is 1. The van der Waals surface area contributed by atoms with Gasteiger partial charge in [-0.25, -0.2) is 9.78 Å². The van der Waals surface area contributed by atoms with Gasteiger partial charge in [0.15, 0.2) is 5.65 Å². The number of fused-ring (bicyclic) bond motifs is 1. The van der Waals surface area contributed by atoms with Crippen LogP contribution in [0.1, 0.15) is 23.0 Å². The summed E-state index contributed by atoms with van der Waals surface area (Å²) < 4.78 is 5.00. The fraction of sp³-hybridized carbons (Fsp3) is 0.250. The molecule has 0 spiro atoms. The predicted octanol–water partition coefficient (Wildman–Crippen LogP) is 1.90. The maximum atomic E-state index is 11.2. The van der Waals surface area contributed by atoms with E-state index in [0.717, 1.165) is 0 Å². The Morgan fingerprint density at radius 2 is 2.18 bits per heavy atom. The van der Waals surface area contributed by atoms with Gasteiger partial charge in [0.1, 0.15) is 0 Å². The van der Waals surface area contributed by atoms with Crippen LogP contribution in [0.3, 0.4) is 0 Å². The number of carboxylic acid groups (broad SMARTS) is 1. The normalized spacial score (nSPS) is 10.5. The SMILES string of the molecule is CCc1cc(C(=O)O)c2ccc(OC)nc2n1. The van der Waals surface area contributed by atoms with E-state index in [1.807, 2.05) is 6.92 Å². The van der Waals surface area contributed by atoms with E-state index in [1.54, 1.807) is 18.2 Å². The summed E-state index contributed by atoms with van der Waals surface area (Å²) in [5.74, 6) is -0.548. The lowest BCUT2D eigenvalue weighted by Gasteiger charge is -2.06. The molecule has 0 saturated heterocycles. The van der Waals surface area contributed by atoms with Crippen molar-refractivity contribution >= 4 is 17.0 Å². The molecule has 2 aromatic rings. The van der Waals surface area contributed by atoms with Crippen LogP contribution in [-0.4, -0.2) is 28.2 Å². The van der Waals surface area contributed by atoms with E-state index in [4.69, 9.17) is 9.84 Å². The minimum Gasteiger partial charge on any atom is -0.481 e. The second-order valence-corrected chi connectivity index (χ2v) is 3.54. The van der Waals surface area contributed by atoms with Crippen LogP contribution in [0.15, 0.2) is 18.2 Å². The summed E-state index contributed by atoms with van der Waals surface area (Å²) in [7, 11) is 1.51. The van der Waals surface area contributed by atoms with Crippen LogP contribution in [0.2, 0.25) is 0 Å². The average Bonchev–Trinajstić information content (AvgIpc) is 2.36. The molecule has 0 radical (unpaired) electrons. The molecule has 0 saturated carbocycles. The van der Waals surface area contributed by atoms with Crippen LogP contribution < -0.4 is 4.74 Å². The summed E-state index contributed by atoms with van der Waals surface area (Å²) >= 11 is 0. The average molecular weight is 232 g/mol. The predicted molar refractivity (Wildman–Crippen MR) is 62.4 cm³/mol. The molecule has 0 fully saturated rings. The molecular formula is C12H12N2O3. The molecule has 0 aliphatic heterocycles. The number of hydrogen-bond acceptors (Lipinski definition) is 4. The molecule has 0 bridgehead atoms. The molecule has 0 aliphatic carbocycles. The zero-order valence-corrected chi connectivity index (χ0v) is 9.60. The minimum absolute atomic E-state index is 0.224. The molecule has 88 valence electrons. The van der Waals surface area contributed by atoms with E-state index in [2.05, 4.69) is 9.97 Å². The second kappa shape index (κ2) is 4.37. The first-order valence-corrected chi connectivity index (χ1v) is 5.23. The Morgan fingerprint density at radius 3 is 2.76 bits per heavy atom. The largest absolute Gasteiger partial charge is 0.481 e. The topological polar surface area (TPSA) is 72.3 Å². The molecule has 0 aromatic carbocycles. The molecule has 5 nitrogen and oxygen atoms in total. The van der Waals surface area contributed by atoms with Crippen molar-refractivity contribution in [2.24, 2.45) is 0 Å². The molecule has 0 unspecified atom stereocenters. The Hall–Kier alpha value is -2.17. The highest BCUT2D eigenvalue weighted by molar-refractivity contribution is 6.01. The molecule has 5 heteroatoms. The first kappa shape index (κ1) is 11.3. The van der Waals surface area contributed by atoms with Crippen LogP contribution >= 0.6 is 0 Å². The Balaban J connectivity index is 2.75. The fourth-order valence-corrected chi connectivity index (χ4v) is 1.61. The summed E-state index contributed by atoms with van der Waals surface area (Å²) in [6.45, 7) is 1.92. The summed E-state index contributed by atoms with van der Waals surface area (Å²) in [4.78, 5) is 19.6. The number of carbonyl (C=O) groups is 1. The third-order valence-corrected chi connectivity index (χ3v) is 2.50. The summed E-state index contributed by atoms with van der Waals surface area (Å²) in [6, 6.07) is 4.87. The lowest BCUT2D eigenvalue weighted by molar-refractivity contribution is 0.0699. The van der Waals surface area contributed by atoms with Gasteiger partial charge in [0.25, 0.3) is 0 Å². The Bertz CT molecular complexity index is 576. The number of rotatable bonds is 3. The molecular weight excluding hydrogens is 220 g/mol. The van der Waals surface area contributed by atoms with E-state index in [9.17, 15) is 4.79 Å². The molecule has 0 amide bonds. The lowest BCUT2D eigenvalue weighted by atomic mass is 10.1. The molecule has 1 N–H and O–H groups in total. The van der Waals surface area contributed by atoms with Crippen LogP contribution in [0.5, 0.6) is 5.88 Å². The van der Waals surface area contributed by atoms with Crippen molar-refractivity contribution in [3.8, 4) is 5.88 Å². The molecule has 2 heterocycles. The maximum Gasteiger partial charge on any atom is 0.336 e. The number of aryl methyl sites for hydroxylation is 1. The number of pyridine rings is 2. The van der Waals surface area contributed by atoms with E-state index in [-0.39, 0.29) is 5.56 Å². The zero-order chi connectivity index (χ0) is 12.4. The van der Waals surface area contributed by atoms with Gasteiger partial charge in [-0.3, -0.25) is 0 Å². The Labute approximate surface area is 98.1 Å².